The van der Waals surface area contributed by atoms with Crippen LogP contribution in [-0.2, 0) is 4.79 Å². The van der Waals surface area contributed by atoms with Crippen LogP contribution in [0.1, 0.15) is 11.1 Å². The number of rotatable bonds is 4. The second-order valence-corrected chi connectivity index (χ2v) is 7.51. The third-order valence-corrected chi connectivity index (χ3v) is 4.99. The molecule has 0 saturated carbocycles. The van der Waals surface area contributed by atoms with Gasteiger partial charge in [0, 0.05) is 27.6 Å². The molecule has 3 aromatic carbocycles. The van der Waals surface area contributed by atoms with Gasteiger partial charge in [-0.25, -0.2) is 4.79 Å². The zero-order chi connectivity index (χ0) is 21.8. The molecule has 0 fully saturated rings. The molecule has 0 radical (unpaired) electrons. The van der Waals surface area contributed by atoms with Crippen LogP contribution in [-0.4, -0.2) is 18.5 Å². The van der Waals surface area contributed by atoms with E-state index in [1.165, 1.54) is 0 Å². The van der Waals surface area contributed by atoms with E-state index >= 15 is 0 Å². The van der Waals surface area contributed by atoms with E-state index in [-0.39, 0.29) is 18.5 Å². The summed E-state index contributed by atoms with van der Waals surface area (Å²) < 4.78 is 5.66. The van der Waals surface area contributed by atoms with Gasteiger partial charge >= 0.3 is 6.03 Å². The molecular weight excluding hydrogens is 414 g/mol. The summed E-state index contributed by atoms with van der Waals surface area (Å²) in [5.74, 6) is 0.410. The molecule has 3 amide bonds. The highest BCUT2D eigenvalue weighted by atomic mass is 35.5. The fourth-order valence-electron chi connectivity index (χ4n) is 3.13. The highest BCUT2D eigenvalue weighted by Gasteiger charge is 2.18. The van der Waals surface area contributed by atoms with Crippen molar-refractivity contribution in [3.63, 3.8) is 0 Å². The van der Waals surface area contributed by atoms with Crippen LogP contribution in [0, 0.1) is 6.92 Å². The molecule has 0 saturated heterocycles. The van der Waals surface area contributed by atoms with Gasteiger partial charge in [0.25, 0.3) is 5.91 Å². The van der Waals surface area contributed by atoms with Crippen molar-refractivity contribution in [3.8, 4) is 5.75 Å². The van der Waals surface area contributed by atoms with Crippen LogP contribution in [0.25, 0.3) is 6.08 Å². The molecule has 7 heteroatoms. The summed E-state index contributed by atoms with van der Waals surface area (Å²) in [5, 5.41) is 9.00. The lowest BCUT2D eigenvalue weighted by Crippen LogP contribution is -2.22. The third-order valence-electron chi connectivity index (χ3n) is 4.75. The molecule has 3 aromatic rings. The summed E-state index contributed by atoms with van der Waals surface area (Å²) in [6, 6.07) is 19.4. The number of carbonyl (C=O) groups is 2. The van der Waals surface area contributed by atoms with Gasteiger partial charge in [-0.1, -0.05) is 35.9 Å². The smallest absolute Gasteiger partial charge is 0.323 e. The van der Waals surface area contributed by atoms with E-state index in [9.17, 15) is 9.59 Å². The minimum absolute atomic E-state index is 0.164. The maximum Gasteiger partial charge on any atom is 0.323 e. The molecule has 1 aliphatic rings. The zero-order valence-electron chi connectivity index (χ0n) is 16.7. The van der Waals surface area contributed by atoms with Crippen LogP contribution in [0.3, 0.4) is 0 Å². The molecule has 0 spiro atoms. The van der Waals surface area contributed by atoms with Gasteiger partial charge in [0.2, 0.25) is 0 Å². The zero-order valence-corrected chi connectivity index (χ0v) is 17.5. The molecule has 0 unspecified atom stereocenters. The number of halogens is 1. The summed E-state index contributed by atoms with van der Waals surface area (Å²) >= 11 is 6.04. The second-order valence-electron chi connectivity index (χ2n) is 7.07. The van der Waals surface area contributed by atoms with Gasteiger partial charge in [0.15, 0.2) is 0 Å². The number of fused-ring (bicyclic) bond motifs is 1. The van der Waals surface area contributed by atoms with Crippen LogP contribution >= 0.6 is 11.6 Å². The standard InChI is InChI=1S/C24H20ClN3O3/c1-15-7-9-20(27-24(30)26-19-5-3-2-4-6-19)13-21(15)28-23(29)17-11-16-12-18(25)8-10-22(16)31-14-17/h2-13H,14H2,1H3,(H,28,29)(H2,26,27,30). The van der Waals surface area contributed by atoms with Gasteiger partial charge in [-0.2, -0.15) is 0 Å². The van der Waals surface area contributed by atoms with Crippen molar-refractivity contribution >= 4 is 46.7 Å². The molecule has 1 aliphatic heterocycles. The Morgan fingerprint density at radius 2 is 1.68 bits per heavy atom. The SMILES string of the molecule is Cc1ccc(NC(=O)Nc2ccccc2)cc1NC(=O)C1=Cc2cc(Cl)ccc2OC1. The lowest BCUT2D eigenvalue weighted by Gasteiger charge is -2.18. The van der Waals surface area contributed by atoms with Crippen molar-refractivity contribution in [2.45, 2.75) is 6.92 Å². The second kappa shape index (κ2) is 8.93. The van der Waals surface area contributed by atoms with Crippen molar-refractivity contribution in [2.24, 2.45) is 0 Å². The summed E-state index contributed by atoms with van der Waals surface area (Å²) in [4.78, 5) is 25.0. The van der Waals surface area contributed by atoms with E-state index in [1.807, 2.05) is 31.2 Å². The Morgan fingerprint density at radius 1 is 0.903 bits per heavy atom. The minimum atomic E-state index is -0.371. The van der Waals surface area contributed by atoms with Crippen molar-refractivity contribution in [3.05, 3.63) is 88.5 Å². The Kier molecular flexibility index (Phi) is 5.91. The largest absolute Gasteiger partial charge is 0.488 e. The Morgan fingerprint density at radius 3 is 2.48 bits per heavy atom. The number of hydrogen-bond acceptors (Lipinski definition) is 3. The van der Waals surface area contributed by atoms with Crippen LogP contribution < -0.4 is 20.7 Å². The fraction of sp³-hybridized carbons (Fsp3) is 0.0833. The number of aryl methyl sites for hydroxylation is 1. The average molecular weight is 434 g/mol. The van der Waals surface area contributed by atoms with Gasteiger partial charge < -0.3 is 20.7 Å². The number of carbonyl (C=O) groups excluding carboxylic acids is 2. The Bertz CT molecular complexity index is 1180. The number of hydrogen-bond donors (Lipinski definition) is 3. The molecule has 6 nitrogen and oxygen atoms in total. The van der Waals surface area contributed by atoms with E-state index in [1.54, 1.807) is 48.5 Å². The number of ether oxygens (including phenoxy) is 1. The van der Waals surface area contributed by atoms with Gasteiger partial charge in [0.05, 0.1) is 5.57 Å². The summed E-state index contributed by atoms with van der Waals surface area (Å²) in [6.07, 6.45) is 1.77. The van der Waals surface area contributed by atoms with E-state index in [4.69, 9.17) is 16.3 Å². The van der Waals surface area contributed by atoms with Crippen molar-refractivity contribution in [1.82, 2.24) is 0 Å². The summed E-state index contributed by atoms with van der Waals surface area (Å²) in [5.41, 5.74) is 3.94. The predicted molar refractivity (Wildman–Crippen MR) is 124 cm³/mol. The van der Waals surface area contributed by atoms with E-state index in [2.05, 4.69) is 16.0 Å². The average Bonchev–Trinajstić information content (AvgIpc) is 2.76. The first-order chi connectivity index (χ1) is 15.0. The molecule has 0 aliphatic carbocycles. The van der Waals surface area contributed by atoms with Crippen LogP contribution in [0.2, 0.25) is 5.02 Å². The lowest BCUT2D eigenvalue weighted by atomic mass is 10.1. The van der Waals surface area contributed by atoms with Crippen LogP contribution in [0.5, 0.6) is 5.75 Å². The first kappa shape index (κ1) is 20.5. The number of benzene rings is 3. The highest BCUT2D eigenvalue weighted by Crippen LogP contribution is 2.30. The van der Waals surface area contributed by atoms with Gasteiger partial charge in [-0.3, -0.25) is 4.79 Å². The number of anilines is 3. The quantitative estimate of drug-likeness (QED) is 0.493. The van der Waals surface area contributed by atoms with Crippen LogP contribution in [0.4, 0.5) is 21.9 Å². The summed E-state index contributed by atoms with van der Waals surface area (Å²) in [6.45, 7) is 2.04. The molecule has 3 N–H and O–H groups in total. The fourth-order valence-corrected chi connectivity index (χ4v) is 3.31. The Hall–Kier alpha value is -3.77. The predicted octanol–water partition coefficient (Wildman–Crippen LogP) is 5.71. The molecule has 0 bridgehead atoms. The number of nitrogens with one attached hydrogen (secondary N) is 3. The Balaban J connectivity index is 1.46. The topological polar surface area (TPSA) is 79.5 Å². The number of para-hydroxylation sites is 1. The molecule has 0 aromatic heterocycles. The van der Waals surface area contributed by atoms with Gasteiger partial charge in [-0.05, 0) is 61.0 Å². The monoisotopic (exact) mass is 433 g/mol. The molecule has 0 atom stereocenters. The molecule has 31 heavy (non-hydrogen) atoms. The maximum atomic E-state index is 12.8. The van der Waals surface area contributed by atoms with Crippen molar-refractivity contribution in [2.75, 3.05) is 22.6 Å². The number of urea groups is 1. The van der Waals surface area contributed by atoms with Crippen molar-refractivity contribution < 1.29 is 14.3 Å². The third kappa shape index (κ3) is 5.05. The van der Waals surface area contributed by atoms with E-state index < -0.39 is 0 Å². The molecule has 156 valence electrons. The highest BCUT2D eigenvalue weighted by molar-refractivity contribution is 6.30. The summed E-state index contributed by atoms with van der Waals surface area (Å²) in [7, 11) is 0. The maximum absolute atomic E-state index is 12.8. The van der Waals surface area contributed by atoms with Crippen molar-refractivity contribution in [1.29, 1.82) is 0 Å². The van der Waals surface area contributed by atoms with Gasteiger partial charge in [0.1, 0.15) is 12.4 Å². The molecular formula is C24H20ClN3O3. The number of amides is 3. The first-order valence-electron chi connectivity index (χ1n) is 9.66. The lowest BCUT2D eigenvalue weighted by molar-refractivity contribution is -0.113. The minimum Gasteiger partial charge on any atom is -0.488 e. The van der Waals surface area contributed by atoms with E-state index in [0.29, 0.717) is 33.4 Å². The first-order valence-corrected chi connectivity index (χ1v) is 10.0. The Labute approximate surface area is 184 Å². The van der Waals surface area contributed by atoms with E-state index in [0.717, 1.165) is 11.1 Å². The molecule has 4 rings (SSSR count). The molecule has 1 heterocycles. The normalized spacial score (nSPS) is 12.1. The van der Waals surface area contributed by atoms with Crippen LogP contribution in [0.15, 0.2) is 72.3 Å². The van der Waals surface area contributed by atoms with Gasteiger partial charge in [-0.15, -0.1) is 0 Å².